The summed E-state index contributed by atoms with van der Waals surface area (Å²) in [5.74, 6) is -0.450. The van der Waals surface area contributed by atoms with Crippen molar-refractivity contribution in [2.75, 3.05) is 31.6 Å². The van der Waals surface area contributed by atoms with Crippen molar-refractivity contribution in [3.05, 3.63) is 30.1 Å². The third-order valence-corrected chi connectivity index (χ3v) is 3.49. The fourth-order valence-electron chi connectivity index (χ4n) is 2.55. The number of amides is 1. The van der Waals surface area contributed by atoms with Gasteiger partial charge < -0.3 is 10.0 Å². The number of carbonyl (C=O) groups excluding carboxylic acids is 1. The van der Waals surface area contributed by atoms with Gasteiger partial charge in [0.1, 0.15) is 11.9 Å². The summed E-state index contributed by atoms with van der Waals surface area (Å²) in [6.07, 6.45) is 0. The zero-order chi connectivity index (χ0) is 14.0. The molecule has 1 fully saturated rings. The molecule has 1 saturated heterocycles. The molecule has 1 aromatic rings. The Hall–Kier alpha value is -1.46. The molecule has 0 aromatic heterocycles. The summed E-state index contributed by atoms with van der Waals surface area (Å²) in [5, 5.41) is 9.39. The number of aliphatic hydroxyl groups is 1. The van der Waals surface area contributed by atoms with Gasteiger partial charge in [-0.25, -0.2) is 4.39 Å². The third kappa shape index (κ3) is 2.77. The molecule has 1 aliphatic rings. The predicted octanol–water partition coefficient (Wildman–Crippen LogP) is 1.10. The number of halogens is 1. The first-order chi connectivity index (χ1) is 9.04. The highest BCUT2D eigenvalue weighted by atomic mass is 19.1. The van der Waals surface area contributed by atoms with Gasteiger partial charge in [0, 0.05) is 13.1 Å². The first-order valence-electron chi connectivity index (χ1n) is 6.41. The van der Waals surface area contributed by atoms with E-state index in [-0.39, 0.29) is 24.1 Å². The van der Waals surface area contributed by atoms with Gasteiger partial charge in [-0.2, -0.15) is 0 Å². The van der Waals surface area contributed by atoms with Crippen LogP contribution in [-0.2, 0) is 4.79 Å². The van der Waals surface area contributed by atoms with E-state index in [0.717, 1.165) is 0 Å². The minimum Gasteiger partial charge on any atom is -0.394 e. The van der Waals surface area contributed by atoms with E-state index >= 15 is 0 Å². The highest BCUT2D eigenvalue weighted by Crippen LogP contribution is 2.24. The average Bonchev–Trinajstić information content (AvgIpc) is 2.47. The number of aliphatic hydroxyl groups excluding tert-OH is 1. The molecule has 0 radical (unpaired) electrons. The molecular formula is C14H19FN2O2. The minimum atomic E-state index is -0.607. The Morgan fingerprint density at radius 1 is 1.37 bits per heavy atom. The monoisotopic (exact) mass is 266 g/mol. The van der Waals surface area contributed by atoms with Gasteiger partial charge in [-0.05, 0) is 25.1 Å². The van der Waals surface area contributed by atoms with Crippen LogP contribution in [0.4, 0.5) is 10.1 Å². The number of rotatable bonds is 2. The number of likely N-dealkylation sites (N-methyl/N-ethyl adjacent to an activating group) is 1. The van der Waals surface area contributed by atoms with Crippen molar-refractivity contribution in [1.29, 1.82) is 0 Å². The maximum Gasteiger partial charge on any atom is 0.246 e. The summed E-state index contributed by atoms with van der Waals surface area (Å²) in [7, 11) is 1.81. The fraction of sp³-hybridized carbons (Fsp3) is 0.500. The van der Waals surface area contributed by atoms with Crippen LogP contribution in [0.5, 0.6) is 0 Å². The van der Waals surface area contributed by atoms with Crippen LogP contribution in [0.1, 0.15) is 6.92 Å². The number of hydrogen-bond donors (Lipinski definition) is 1. The van der Waals surface area contributed by atoms with Crippen LogP contribution in [0.25, 0.3) is 0 Å². The van der Waals surface area contributed by atoms with Crippen LogP contribution >= 0.6 is 0 Å². The van der Waals surface area contributed by atoms with E-state index in [0.29, 0.717) is 13.1 Å². The second kappa shape index (κ2) is 5.67. The Bertz CT molecular complexity index is 467. The molecule has 0 saturated carbocycles. The molecule has 2 rings (SSSR count). The molecule has 5 heteroatoms. The summed E-state index contributed by atoms with van der Waals surface area (Å²) in [4.78, 5) is 15.7. The molecule has 1 amide bonds. The standard InChI is InChI=1S/C14H19FN2O2/c1-10-7-16(2)13(9-18)14(19)17(8-10)12-6-4-3-5-11(12)15/h3-6,10,13,18H,7-9H2,1-2H3. The second-order valence-electron chi connectivity index (χ2n) is 5.14. The number of benzene rings is 1. The van der Waals surface area contributed by atoms with Gasteiger partial charge in [-0.3, -0.25) is 9.69 Å². The van der Waals surface area contributed by atoms with Crippen LogP contribution in [0.15, 0.2) is 24.3 Å². The van der Waals surface area contributed by atoms with E-state index < -0.39 is 11.9 Å². The lowest BCUT2D eigenvalue weighted by molar-refractivity contribution is -0.123. The summed E-state index contributed by atoms with van der Waals surface area (Å²) < 4.78 is 13.9. The summed E-state index contributed by atoms with van der Waals surface area (Å²) in [6.45, 7) is 2.91. The molecule has 1 heterocycles. The highest BCUT2D eigenvalue weighted by Gasteiger charge is 2.34. The van der Waals surface area contributed by atoms with Gasteiger partial charge in [-0.1, -0.05) is 19.1 Å². The van der Waals surface area contributed by atoms with Gasteiger partial charge >= 0.3 is 0 Å². The predicted molar refractivity (Wildman–Crippen MR) is 71.4 cm³/mol. The van der Waals surface area contributed by atoms with Crippen LogP contribution in [0.3, 0.4) is 0 Å². The third-order valence-electron chi connectivity index (χ3n) is 3.49. The van der Waals surface area contributed by atoms with Crippen LogP contribution in [-0.4, -0.2) is 48.7 Å². The normalized spacial score (nSPS) is 25.5. The lowest BCUT2D eigenvalue weighted by Crippen LogP contribution is -2.46. The first kappa shape index (κ1) is 14.0. The Kier molecular flexibility index (Phi) is 4.17. The Balaban J connectivity index is 2.38. The Morgan fingerprint density at radius 2 is 2.05 bits per heavy atom. The number of carbonyl (C=O) groups is 1. The highest BCUT2D eigenvalue weighted by molar-refractivity contribution is 5.97. The minimum absolute atomic E-state index is 0.213. The molecule has 1 aliphatic heterocycles. The molecule has 0 bridgehead atoms. The molecule has 4 nitrogen and oxygen atoms in total. The van der Waals surface area contributed by atoms with Crippen molar-refractivity contribution >= 4 is 11.6 Å². The molecular weight excluding hydrogens is 247 g/mol. The molecule has 2 unspecified atom stereocenters. The van der Waals surface area contributed by atoms with Crippen molar-refractivity contribution in [1.82, 2.24) is 4.90 Å². The fourth-order valence-corrected chi connectivity index (χ4v) is 2.55. The number of hydrogen-bond acceptors (Lipinski definition) is 3. The number of para-hydroxylation sites is 1. The van der Waals surface area contributed by atoms with Crippen LogP contribution < -0.4 is 4.90 Å². The van der Waals surface area contributed by atoms with E-state index in [9.17, 15) is 14.3 Å². The zero-order valence-electron chi connectivity index (χ0n) is 11.2. The molecule has 2 atom stereocenters. The van der Waals surface area contributed by atoms with E-state index in [1.54, 1.807) is 25.2 Å². The Morgan fingerprint density at radius 3 is 2.68 bits per heavy atom. The molecule has 104 valence electrons. The van der Waals surface area contributed by atoms with Crippen molar-refractivity contribution in [3.63, 3.8) is 0 Å². The maximum absolute atomic E-state index is 13.9. The smallest absolute Gasteiger partial charge is 0.246 e. The first-order valence-corrected chi connectivity index (χ1v) is 6.41. The van der Waals surface area contributed by atoms with E-state index in [1.165, 1.54) is 11.0 Å². The van der Waals surface area contributed by atoms with Crippen molar-refractivity contribution in [2.45, 2.75) is 13.0 Å². The molecule has 0 aliphatic carbocycles. The summed E-state index contributed by atoms with van der Waals surface area (Å²) in [6, 6.07) is 5.64. The van der Waals surface area contributed by atoms with Crippen molar-refractivity contribution in [2.24, 2.45) is 5.92 Å². The lowest BCUT2D eigenvalue weighted by Gasteiger charge is -2.26. The van der Waals surface area contributed by atoms with Gasteiger partial charge in [0.25, 0.3) is 0 Å². The van der Waals surface area contributed by atoms with Gasteiger partial charge in [0.2, 0.25) is 5.91 Å². The van der Waals surface area contributed by atoms with Gasteiger partial charge in [0.15, 0.2) is 0 Å². The van der Waals surface area contributed by atoms with Crippen LogP contribution in [0.2, 0.25) is 0 Å². The van der Waals surface area contributed by atoms with E-state index in [1.807, 2.05) is 11.8 Å². The van der Waals surface area contributed by atoms with Gasteiger partial charge in [-0.15, -0.1) is 0 Å². The van der Waals surface area contributed by atoms with Gasteiger partial charge in [0.05, 0.1) is 12.3 Å². The van der Waals surface area contributed by atoms with Crippen molar-refractivity contribution < 1.29 is 14.3 Å². The molecule has 0 spiro atoms. The number of anilines is 1. The van der Waals surface area contributed by atoms with Crippen LogP contribution in [0, 0.1) is 11.7 Å². The summed E-state index contributed by atoms with van der Waals surface area (Å²) in [5.41, 5.74) is 0.285. The average molecular weight is 266 g/mol. The lowest BCUT2D eigenvalue weighted by atomic mass is 10.1. The SMILES string of the molecule is CC1CN(c2ccccc2F)C(=O)C(CO)N(C)C1. The largest absolute Gasteiger partial charge is 0.394 e. The van der Waals surface area contributed by atoms with Crippen molar-refractivity contribution in [3.8, 4) is 0 Å². The van der Waals surface area contributed by atoms with E-state index in [2.05, 4.69) is 0 Å². The van der Waals surface area contributed by atoms with E-state index in [4.69, 9.17) is 0 Å². The molecule has 19 heavy (non-hydrogen) atoms. The topological polar surface area (TPSA) is 43.8 Å². The quantitative estimate of drug-likeness (QED) is 0.872. The molecule has 1 aromatic carbocycles. The zero-order valence-corrected chi connectivity index (χ0v) is 11.2. The second-order valence-corrected chi connectivity index (χ2v) is 5.14. The maximum atomic E-state index is 13.9. The Labute approximate surface area is 112 Å². The number of nitrogens with zero attached hydrogens (tertiary/aromatic N) is 2. The molecule has 1 N–H and O–H groups in total. The summed E-state index contributed by atoms with van der Waals surface area (Å²) >= 11 is 0.